The Balaban J connectivity index is 2.23. The summed E-state index contributed by atoms with van der Waals surface area (Å²) >= 11 is 0. The minimum Gasteiger partial charge on any atom is -0.508 e. The zero-order valence-electron chi connectivity index (χ0n) is 11.3. The first-order valence-corrected chi connectivity index (χ1v) is 6.27. The van der Waals surface area contributed by atoms with E-state index in [0.29, 0.717) is 5.69 Å². The van der Waals surface area contributed by atoms with Crippen molar-refractivity contribution in [3.8, 4) is 5.75 Å². The molecule has 1 aromatic heterocycles. The molecular weight excluding hydrogens is 260 g/mol. The van der Waals surface area contributed by atoms with Gasteiger partial charge in [0.05, 0.1) is 23.2 Å². The third-order valence-electron chi connectivity index (χ3n) is 3.03. The zero-order chi connectivity index (χ0) is 14.7. The van der Waals surface area contributed by atoms with Crippen LogP contribution in [0.3, 0.4) is 0 Å². The quantitative estimate of drug-likeness (QED) is 0.497. The molecule has 1 heterocycles. The van der Waals surface area contributed by atoms with Crippen LogP contribution in [0.1, 0.15) is 25.5 Å². The lowest BCUT2D eigenvalue weighted by Crippen LogP contribution is -2.07. The number of aryl methyl sites for hydroxylation is 1. The lowest BCUT2D eigenvalue weighted by molar-refractivity contribution is -0.384. The van der Waals surface area contributed by atoms with Gasteiger partial charge in [0.2, 0.25) is 0 Å². The van der Waals surface area contributed by atoms with Crippen molar-refractivity contribution in [3.05, 3.63) is 46.3 Å². The molecule has 7 heteroatoms. The second kappa shape index (κ2) is 5.60. The maximum atomic E-state index is 11.0. The van der Waals surface area contributed by atoms with Gasteiger partial charge in [-0.25, -0.2) is 0 Å². The van der Waals surface area contributed by atoms with Gasteiger partial charge in [-0.15, -0.1) is 0 Å². The Bertz CT molecular complexity index is 624. The Morgan fingerprint density at radius 1 is 1.55 bits per heavy atom. The predicted octanol–water partition coefficient (Wildman–Crippen LogP) is 2.69. The van der Waals surface area contributed by atoms with Crippen LogP contribution in [0.2, 0.25) is 0 Å². The zero-order valence-corrected chi connectivity index (χ0v) is 11.3. The van der Waals surface area contributed by atoms with Gasteiger partial charge in [0.1, 0.15) is 11.4 Å². The Labute approximate surface area is 116 Å². The van der Waals surface area contributed by atoms with Crippen LogP contribution in [0.5, 0.6) is 5.75 Å². The number of aromatic nitrogens is 2. The molecule has 1 unspecified atom stereocenters. The van der Waals surface area contributed by atoms with E-state index in [0.717, 1.165) is 18.2 Å². The normalized spacial score (nSPS) is 12.1. The minimum absolute atomic E-state index is 0.126. The number of benzene rings is 1. The first-order chi connectivity index (χ1) is 9.51. The number of rotatable bonds is 5. The predicted molar refractivity (Wildman–Crippen MR) is 74.7 cm³/mol. The Morgan fingerprint density at radius 2 is 2.30 bits per heavy atom. The van der Waals surface area contributed by atoms with Gasteiger partial charge in [0.25, 0.3) is 5.69 Å². The highest BCUT2D eigenvalue weighted by molar-refractivity contribution is 5.64. The summed E-state index contributed by atoms with van der Waals surface area (Å²) < 4.78 is 1.79. The molecule has 0 saturated heterocycles. The first kappa shape index (κ1) is 13.9. The standard InChI is InChI=1S/C13H16N4O3/c1-3-16-8-10(7-14-16)9(2)15-12-5-4-11(18)6-13(12)17(19)20/h4-9,15,18H,3H2,1-2H3. The van der Waals surface area contributed by atoms with Crippen molar-refractivity contribution in [3.63, 3.8) is 0 Å². The van der Waals surface area contributed by atoms with Crippen molar-refractivity contribution in [2.45, 2.75) is 26.4 Å². The van der Waals surface area contributed by atoms with Crippen LogP contribution >= 0.6 is 0 Å². The molecule has 2 rings (SSSR count). The molecule has 0 amide bonds. The molecule has 2 aromatic rings. The molecule has 0 radical (unpaired) electrons. The smallest absolute Gasteiger partial charge is 0.296 e. The number of phenols is 1. The average molecular weight is 276 g/mol. The fraction of sp³-hybridized carbons (Fsp3) is 0.308. The fourth-order valence-corrected chi connectivity index (χ4v) is 1.89. The lowest BCUT2D eigenvalue weighted by atomic mass is 10.1. The van der Waals surface area contributed by atoms with Crippen LogP contribution in [0.4, 0.5) is 11.4 Å². The maximum Gasteiger partial charge on any atom is 0.296 e. The maximum absolute atomic E-state index is 11.0. The fourth-order valence-electron chi connectivity index (χ4n) is 1.89. The number of aromatic hydroxyl groups is 1. The highest BCUT2D eigenvalue weighted by atomic mass is 16.6. The van der Waals surface area contributed by atoms with Crippen molar-refractivity contribution in [2.24, 2.45) is 0 Å². The first-order valence-electron chi connectivity index (χ1n) is 6.27. The van der Waals surface area contributed by atoms with Gasteiger partial charge < -0.3 is 10.4 Å². The molecule has 106 valence electrons. The summed E-state index contributed by atoms with van der Waals surface area (Å²) in [6, 6.07) is 3.91. The van der Waals surface area contributed by atoms with Gasteiger partial charge in [-0.3, -0.25) is 14.8 Å². The van der Waals surface area contributed by atoms with Gasteiger partial charge in [-0.2, -0.15) is 5.10 Å². The van der Waals surface area contributed by atoms with E-state index < -0.39 is 4.92 Å². The van der Waals surface area contributed by atoms with Crippen LogP contribution in [0.25, 0.3) is 0 Å². The topological polar surface area (TPSA) is 93.2 Å². The molecule has 7 nitrogen and oxygen atoms in total. The molecule has 0 spiro atoms. The van der Waals surface area contributed by atoms with E-state index in [-0.39, 0.29) is 17.5 Å². The summed E-state index contributed by atoms with van der Waals surface area (Å²) in [5.74, 6) is -0.131. The van der Waals surface area contributed by atoms with Gasteiger partial charge in [-0.05, 0) is 26.0 Å². The second-order valence-electron chi connectivity index (χ2n) is 4.45. The number of nitrogens with zero attached hydrogens (tertiary/aromatic N) is 3. The highest BCUT2D eigenvalue weighted by Gasteiger charge is 2.17. The molecule has 1 atom stereocenters. The molecule has 0 aliphatic heterocycles. The van der Waals surface area contributed by atoms with E-state index >= 15 is 0 Å². The largest absolute Gasteiger partial charge is 0.508 e. The van der Waals surface area contributed by atoms with Gasteiger partial charge >= 0.3 is 0 Å². The minimum atomic E-state index is -0.524. The molecular formula is C13H16N4O3. The van der Waals surface area contributed by atoms with Crippen LogP contribution < -0.4 is 5.32 Å². The summed E-state index contributed by atoms with van der Waals surface area (Å²) in [5.41, 5.74) is 1.15. The molecule has 2 N–H and O–H groups in total. The van der Waals surface area contributed by atoms with Crippen LogP contribution in [0.15, 0.2) is 30.6 Å². The van der Waals surface area contributed by atoms with E-state index in [9.17, 15) is 15.2 Å². The summed E-state index contributed by atoms with van der Waals surface area (Å²) in [7, 11) is 0. The second-order valence-corrected chi connectivity index (χ2v) is 4.45. The third kappa shape index (κ3) is 2.87. The number of nitro groups is 1. The monoisotopic (exact) mass is 276 g/mol. The summed E-state index contributed by atoms with van der Waals surface area (Å²) in [6.07, 6.45) is 3.62. The van der Waals surface area contributed by atoms with Gasteiger partial charge in [-0.1, -0.05) is 0 Å². The summed E-state index contributed by atoms with van der Waals surface area (Å²) in [4.78, 5) is 10.5. The Morgan fingerprint density at radius 3 is 2.90 bits per heavy atom. The van der Waals surface area contributed by atoms with Gasteiger partial charge in [0, 0.05) is 18.3 Å². The lowest BCUT2D eigenvalue weighted by Gasteiger charge is -2.13. The summed E-state index contributed by atoms with van der Waals surface area (Å²) in [6.45, 7) is 4.65. The van der Waals surface area contributed by atoms with E-state index in [1.54, 1.807) is 10.9 Å². The number of hydrogen-bond acceptors (Lipinski definition) is 5. The van der Waals surface area contributed by atoms with Crippen molar-refractivity contribution in [1.29, 1.82) is 0 Å². The summed E-state index contributed by atoms with van der Waals surface area (Å²) in [5, 5.41) is 27.5. The van der Waals surface area contributed by atoms with E-state index in [1.165, 1.54) is 12.1 Å². The molecule has 20 heavy (non-hydrogen) atoms. The Hall–Kier alpha value is -2.57. The van der Waals surface area contributed by atoms with Gasteiger partial charge in [0.15, 0.2) is 0 Å². The number of hydrogen-bond donors (Lipinski definition) is 2. The van der Waals surface area contributed by atoms with Crippen molar-refractivity contribution in [2.75, 3.05) is 5.32 Å². The number of phenolic OH excluding ortho intramolecular Hbond substituents is 1. The average Bonchev–Trinajstić information content (AvgIpc) is 2.89. The van der Waals surface area contributed by atoms with Crippen LogP contribution in [-0.4, -0.2) is 19.8 Å². The molecule has 0 bridgehead atoms. The van der Waals surface area contributed by atoms with Crippen molar-refractivity contribution < 1.29 is 10.0 Å². The highest BCUT2D eigenvalue weighted by Crippen LogP contribution is 2.31. The van der Waals surface area contributed by atoms with Crippen molar-refractivity contribution in [1.82, 2.24) is 9.78 Å². The molecule has 1 aromatic carbocycles. The third-order valence-corrected chi connectivity index (χ3v) is 3.03. The molecule has 0 aliphatic carbocycles. The Kier molecular flexibility index (Phi) is 3.88. The van der Waals surface area contributed by atoms with E-state index in [2.05, 4.69) is 10.4 Å². The van der Waals surface area contributed by atoms with Crippen molar-refractivity contribution >= 4 is 11.4 Å². The van der Waals surface area contributed by atoms with Crippen LogP contribution in [-0.2, 0) is 6.54 Å². The SMILES string of the molecule is CCn1cc(C(C)Nc2ccc(O)cc2[N+](=O)[O-])cn1. The number of nitro benzene ring substituents is 1. The molecule has 0 fully saturated rings. The van der Waals surface area contributed by atoms with E-state index in [1.807, 2.05) is 20.0 Å². The number of anilines is 1. The van der Waals surface area contributed by atoms with Crippen LogP contribution in [0, 0.1) is 10.1 Å². The van der Waals surface area contributed by atoms with E-state index in [4.69, 9.17) is 0 Å². The molecule has 0 saturated carbocycles. The molecule has 0 aliphatic rings. The number of nitrogens with one attached hydrogen (secondary N) is 1.